The van der Waals surface area contributed by atoms with Crippen LogP contribution >= 0.6 is 0 Å². The molecule has 4 bridgehead atoms. The predicted octanol–water partition coefficient (Wildman–Crippen LogP) is 2.35. The van der Waals surface area contributed by atoms with Crippen molar-refractivity contribution in [2.24, 2.45) is 34.0 Å². The van der Waals surface area contributed by atoms with E-state index in [-0.39, 0.29) is 40.8 Å². The minimum atomic E-state index is -1.76. The topological polar surface area (TPSA) is 94.6 Å². The quantitative estimate of drug-likeness (QED) is 0.407. The highest BCUT2D eigenvalue weighted by molar-refractivity contribution is 5.67. The molecule has 0 unspecified atom stereocenters. The van der Waals surface area contributed by atoms with Crippen molar-refractivity contribution in [1.82, 2.24) is 0 Å². The molecular weight excluding hydrogens is 400 g/mol. The zero-order valence-electron chi connectivity index (χ0n) is 18.7. The van der Waals surface area contributed by atoms with E-state index in [2.05, 4.69) is 20.4 Å². The molecule has 7 aliphatic rings. The maximum absolute atomic E-state index is 12.4. The Labute approximate surface area is 182 Å². The molecule has 31 heavy (non-hydrogen) atoms. The number of hydrogen-bond donors (Lipinski definition) is 1. The van der Waals surface area contributed by atoms with Gasteiger partial charge in [-0.25, -0.2) is 0 Å². The van der Waals surface area contributed by atoms with Crippen LogP contribution < -0.4 is 0 Å². The highest BCUT2D eigenvalue weighted by Crippen LogP contribution is 2.80. The molecule has 2 spiro atoms. The summed E-state index contributed by atoms with van der Waals surface area (Å²) in [6.45, 7) is 11.9. The predicted molar refractivity (Wildman–Crippen MR) is 107 cm³/mol. The molecule has 3 saturated heterocycles. The molecule has 7 heteroatoms. The fourth-order valence-corrected chi connectivity index (χ4v) is 9.06. The van der Waals surface area contributed by atoms with Crippen molar-refractivity contribution < 1.29 is 33.6 Å². The number of fused-ring (bicyclic) bond motifs is 4. The van der Waals surface area contributed by atoms with Gasteiger partial charge in [0.2, 0.25) is 5.79 Å². The van der Waals surface area contributed by atoms with Crippen LogP contribution in [-0.2, 0) is 28.5 Å². The van der Waals surface area contributed by atoms with Gasteiger partial charge in [0.05, 0.1) is 24.2 Å². The van der Waals surface area contributed by atoms with Crippen molar-refractivity contribution >= 4 is 11.9 Å². The summed E-state index contributed by atoms with van der Waals surface area (Å²) in [4.78, 5) is 24.4. The fraction of sp³-hybridized carbons (Fsp3) is 0.833. The van der Waals surface area contributed by atoms with E-state index in [0.29, 0.717) is 13.0 Å². The third-order valence-electron chi connectivity index (χ3n) is 9.72. The first kappa shape index (κ1) is 20.2. The molecule has 0 aromatic heterocycles. The Balaban J connectivity index is 1.61. The van der Waals surface area contributed by atoms with Gasteiger partial charge in [0, 0.05) is 37.0 Å². The summed E-state index contributed by atoms with van der Waals surface area (Å²) in [7, 11) is 0. The number of rotatable bonds is 2. The van der Waals surface area contributed by atoms with Crippen LogP contribution in [0.4, 0.5) is 0 Å². The zero-order valence-corrected chi connectivity index (χ0v) is 18.7. The Morgan fingerprint density at radius 1 is 1.10 bits per heavy atom. The van der Waals surface area contributed by atoms with Crippen LogP contribution in [0.15, 0.2) is 12.2 Å². The molecule has 10 atom stereocenters. The molecule has 0 aromatic rings. The largest absolute Gasteiger partial charge is 0.457 e. The van der Waals surface area contributed by atoms with Gasteiger partial charge >= 0.3 is 11.9 Å². The summed E-state index contributed by atoms with van der Waals surface area (Å²) < 4.78 is 24.4. The van der Waals surface area contributed by atoms with Crippen LogP contribution in [0.5, 0.6) is 0 Å². The van der Waals surface area contributed by atoms with Gasteiger partial charge in [-0.1, -0.05) is 26.8 Å². The molecule has 4 saturated carbocycles. The molecule has 4 aliphatic carbocycles. The molecule has 7 nitrogen and oxygen atoms in total. The number of aliphatic hydroxyl groups is 1. The average molecular weight is 433 g/mol. The van der Waals surface area contributed by atoms with Gasteiger partial charge in [0.1, 0.15) is 6.10 Å². The zero-order chi connectivity index (χ0) is 22.1. The summed E-state index contributed by atoms with van der Waals surface area (Å²) in [6.07, 6.45) is 2.04. The smallest absolute Gasteiger partial charge is 0.303 e. The lowest BCUT2D eigenvalue weighted by Crippen LogP contribution is -2.83. The van der Waals surface area contributed by atoms with Crippen LogP contribution in [0.3, 0.4) is 0 Å². The Kier molecular flexibility index (Phi) is 3.73. The molecule has 7 rings (SSSR count). The van der Waals surface area contributed by atoms with Crippen LogP contribution in [0.1, 0.15) is 53.4 Å². The number of hydrogen-bond acceptors (Lipinski definition) is 7. The van der Waals surface area contributed by atoms with Crippen LogP contribution in [0.2, 0.25) is 0 Å². The molecule has 7 fully saturated rings. The number of esters is 2. The van der Waals surface area contributed by atoms with Gasteiger partial charge in [0.25, 0.3) is 0 Å². The monoisotopic (exact) mass is 432 g/mol. The first-order valence-electron chi connectivity index (χ1n) is 11.5. The van der Waals surface area contributed by atoms with E-state index in [9.17, 15) is 14.7 Å². The number of ether oxygens (including phenoxy) is 4. The van der Waals surface area contributed by atoms with Crippen LogP contribution in [0.25, 0.3) is 0 Å². The summed E-state index contributed by atoms with van der Waals surface area (Å²) >= 11 is 0. The molecule has 3 heterocycles. The molecule has 0 radical (unpaired) electrons. The molecule has 3 aliphatic heterocycles. The van der Waals surface area contributed by atoms with E-state index in [1.807, 2.05) is 0 Å². The van der Waals surface area contributed by atoms with E-state index in [1.165, 1.54) is 13.8 Å². The minimum Gasteiger partial charge on any atom is -0.457 e. The van der Waals surface area contributed by atoms with Crippen molar-refractivity contribution in [2.75, 3.05) is 6.61 Å². The minimum absolute atomic E-state index is 0.00186. The summed E-state index contributed by atoms with van der Waals surface area (Å²) in [5.41, 5.74) is -0.606. The number of carbonyl (C=O) groups is 2. The molecule has 0 aromatic carbocycles. The van der Waals surface area contributed by atoms with E-state index in [1.54, 1.807) is 0 Å². The molecule has 0 amide bonds. The van der Waals surface area contributed by atoms with Crippen LogP contribution in [-0.4, -0.2) is 53.9 Å². The van der Waals surface area contributed by atoms with Gasteiger partial charge < -0.3 is 24.1 Å². The van der Waals surface area contributed by atoms with Crippen molar-refractivity contribution in [2.45, 2.75) is 83.6 Å². The average Bonchev–Trinajstić information content (AvgIpc) is 3.41. The summed E-state index contributed by atoms with van der Waals surface area (Å²) in [5, 5.41) is 12.4. The maximum Gasteiger partial charge on any atom is 0.303 e. The second kappa shape index (κ2) is 5.72. The lowest BCUT2D eigenvalue weighted by Gasteiger charge is -2.74. The molecule has 170 valence electrons. The lowest BCUT2D eigenvalue weighted by atomic mass is 9.36. The Morgan fingerprint density at radius 3 is 2.48 bits per heavy atom. The molecular formula is C24H32O7. The lowest BCUT2D eigenvalue weighted by molar-refractivity contribution is -0.455. The fourth-order valence-electron chi connectivity index (χ4n) is 9.06. The normalized spacial score (nSPS) is 55.0. The van der Waals surface area contributed by atoms with Gasteiger partial charge in [-0.15, -0.1) is 0 Å². The van der Waals surface area contributed by atoms with Crippen molar-refractivity contribution in [3.05, 3.63) is 12.2 Å². The maximum atomic E-state index is 12.4. The SMILES string of the molecule is C=C1[C@H]2C[C@@]3([C@@H]1OC(C)=O)[C@@H]([C@@H]1O[C@@H]12)[C@]12CCCC(C)(C)[C@H]1[C@H](OC(C)=O)[C@@]3(O)OC2. The summed E-state index contributed by atoms with van der Waals surface area (Å²) in [5.74, 6) is -2.72. The first-order valence-corrected chi connectivity index (χ1v) is 11.5. The van der Waals surface area contributed by atoms with E-state index in [4.69, 9.17) is 18.9 Å². The Morgan fingerprint density at radius 2 is 1.81 bits per heavy atom. The van der Waals surface area contributed by atoms with Gasteiger partial charge in [-0.2, -0.15) is 0 Å². The van der Waals surface area contributed by atoms with Crippen molar-refractivity contribution in [1.29, 1.82) is 0 Å². The second-order valence-electron chi connectivity index (χ2n) is 11.5. The van der Waals surface area contributed by atoms with E-state index < -0.39 is 35.3 Å². The van der Waals surface area contributed by atoms with Gasteiger partial charge in [-0.3, -0.25) is 9.59 Å². The van der Waals surface area contributed by atoms with Crippen molar-refractivity contribution in [3.8, 4) is 0 Å². The first-order chi connectivity index (χ1) is 14.5. The standard InChI is InChI=1S/C24H32O7/c1-11-14-9-23(19(11)29-12(2)25)17(16-15(14)31-16)22-8-6-7-21(4,5)18(22)20(30-13(3)26)24(23,27)28-10-22/h14-20,27H,1,6-10H2,2-5H3/t14-,15-,16-,17+,18-,19-,20+,22-,23+,24-/m1/s1. The Bertz CT molecular complexity index is 896. The Hall–Kier alpha value is -1.44. The molecule has 1 N–H and O–H groups in total. The third kappa shape index (κ3) is 2.12. The highest BCUT2D eigenvalue weighted by Gasteiger charge is 2.89. The van der Waals surface area contributed by atoms with E-state index in [0.717, 1.165) is 24.8 Å². The van der Waals surface area contributed by atoms with Crippen LogP contribution in [0, 0.1) is 34.0 Å². The van der Waals surface area contributed by atoms with Gasteiger partial charge in [0.15, 0.2) is 6.10 Å². The number of epoxide rings is 1. The van der Waals surface area contributed by atoms with Gasteiger partial charge in [-0.05, 0) is 30.3 Å². The second-order valence-corrected chi connectivity index (χ2v) is 11.5. The third-order valence-corrected chi connectivity index (χ3v) is 9.72. The number of carbonyl (C=O) groups excluding carboxylic acids is 2. The van der Waals surface area contributed by atoms with Crippen molar-refractivity contribution in [3.63, 3.8) is 0 Å². The highest BCUT2D eigenvalue weighted by atomic mass is 16.7. The van der Waals surface area contributed by atoms with E-state index >= 15 is 0 Å². The summed E-state index contributed by atoms with van der Waals surface area (Å²) in [6, 6.07) is 0.